The summed E-state index contributed by atoms with van der Waals surface area (Å²) in [5.41, 5.74) is 1.63. The molecule has 128 valence electrons. The Morgan fingerprint density at radius 2 is 1.62 bits per heavy atom. The van der Waals surface area contributed by atoms with Crippen LogP contribution in [-0.4, -0.2) is 18.7 Å². The maximum absolute atomic E-state index is 13.1. The van der Waals surface area contributed by atoms with Gasteiger partial charge in [-0.3, -0.25) is 18.6 Å². The van der Waals surface area contributed by atoms with Crippen LogP contribution in [0.5, 0.6) is 0 Å². The molecule has 0 aliphatic carbocycles. The molecule has 1 atom stereocenters. The third kappa shape index (κ3) is 3.07. The van der Waals surface area contributed by atoms with E-state index in [4.69, 9.17) is 0 Å². The molecule has 0 unspecified atom stereocenters. The predicted octanol–water partition coefficient (Wildman–Crippen LogP) is 3.09. The largest absolute Gasteiger partial charge is 0.268 e. The summed E-state index contributed by atoms with van der Waals surface area (Å²) in [6, 6.07) is 21.7. The Morgan fingerprint density at radius 3 is 2.38 bits per heavy atom. The van der Waals surface area contributed by atoms with E-state index in [0.717, 1.165) is 0 Å². The maximum Gasteiger partial charge on any atom is 0.266 e. The van der Waals surface area contributed by atoms with Gasteiger partial charge in [-0.2, -0.15) is 0 Å². The first-order valence-corrected chi connectivity index (χ1v) is 9.41. The van der Waals surface area contributed by atoms with Crippen LogP contribution < -0.4 is 5.56 Å². The highest BCUT2D eigenvalue weighted by Gasteiger charge is 2.18. The molecule has 0 fully saturated rings. The van der Waals surface area contributed by atoms with Crippen molar-refractivity contribution in [2.24, 2.45) is 0 Å². The van der Waals surface area contributed by atoms with Crippen molar-refractivity contribution >= 4 is 21.7 Å². The van der Waals surface area contributed by atoms with Crippen LogP contribution in [0.3, 0.4) is 0 Å². The lowest BCUT2D eigenvalue weighted by Gasteiger charge is -2.13. The molecule has 0 saturated carbocycles. The Balaban J connectivity index is 1.92. The first-order valence-electron chi connectivity index (χ1n) is 8.09. The summed E-state index contributed by atoms with van der Waals surface area (Å²) >= 11 is 0. The van der Waals surface area contributed by atoms with E-state index in [1.165, 1.54) is 4.57 Å². The third-order valence-corrected chi connectivity index (χ3v) is 5.21. The molecule has 0 spiro atoms. The number of rotatable bonds is 4. The van der Waals surface area contributed by atoms with Gasteiger partial charge in [-0.1, -0.05) is 36.4 Å². The number of aromatic nitrogens is 3. The molecule has 0 saturated heterocycles. The molecule has 0 aliphatic rings. The number of para-hydroxylation sites is 2. The van der Waals surface area contributed by atoms with Gasteiger partial charge < -0.3 is 0 Å². The molecule has 0 aliphatic heterocycles. The summed E-state index contributed by atoms with van der Waals surface area (Å²) < 4.78 is 14.5. The second kappa shape index (κ2) is 7.01. The fourth-order valence-corrected chi connectivity index (χ4v) is 3.91. The van der Waals surface area contributed by atoms with Crippen LogP contribution in [0.25, 0.3) is 16.6 Å². The Hall–Kier alpha value is -3.12. The summed E-state index contributed by atoms with van der Waals surface area (Å²) in [6.07, 6.45) is 1.66. The van der Waals surface area contributed by atoms with E-state index in [9.17, 15) is 9.00 Å². The van der Waals surface area contributed by atoms with Crippen molar-refractivity contribution in [3.05, 3.63) is 95.0 Å². The lowest BCUT2D eigenvalue weighted by Crippen LogP contribution is -2.25. The second-order valence-electron chi connectivity index (χ2n) is 5.70. The first kappa shape index (κ1) is 16.4. The maximum atomic E-state index is 13.1. The van der Waals surface area contributed by atoms with Crippen LogP contribution in [-0.2, 0) is 16.6 Å². The van der Waals surface area contributed by atoms with Gasteiger partial charge in [-0.25, -0.2) is 4.98 Å². The van der Waals surface area contributed by atoms with Crippen LogP contribution in [0.1, 0.15) is 5.69 Å². The zero-order valence-corrected chi connectivity index (χ0v) is 14.6. The lowest BCUT2D eigenvalue weighted by molar-refractivity contribution is 0.666. The summed E-state index contributed by atoms with van der Waals surface area (Å²) in [6.45, 7) is 0. The zero-order chi connectivity index (χ0) is 17.9. The molecule has 2 aromatic heterocycles. The monoisotopic (exact) mass is 361 g/mol. The van der Waals surface area contributed by atoms with E-state index in [2.05, 4.69) is 9.97 Å². The molecule has 26 heavy (non-hydrogen) atoms. The van der Waals surface area contributed by atoms with Crippen molar-refractivity contribution < 1.29 is 4.21 Å². The van der Waals surface area contributed by atoms with E-state index in [1.54, 1.807) is 42.6 Å². The van der Waals surface area contributed by atoms with Crippen LogP contribution in [0.4, 0.5) is 0 Å². The molecule has 0 amide bonds. The average Bonchev–Trinajstić information content (AvgIpc) is 2.69. The highest BCUT2D eigenvalue weighted by atomic mass is 32.2. The van der Waals surface area contributed by atoms with Crippen LogP contribution in [0.15, 0.2) is 88.9 Å². The van der Waals surface area contributed by atoms with Crippen molar-refractivity contribution in [2.45, 2.75) is 10.9 Å². The molecular formula is C20H15N3O2S. The summed E-state index contributed by atoms with van der Waals surface area (Å²) in [7, 11) is -1.52. The third-order valence-electron chi connectivity index (χ3n) is 3.97. The lowest BCUT2D eigenvalue weighted by atomic mass is 10.2. The Labute approximate surface area is 152 Å². The molecule has 0 N–H and O–H groups in total. The Morgan fingerprint density at radius 1 is 0.885 bits per heavy atom. The second-order valence-corrected chi connectivity index (χ2v) is 7.04. The number of hydrogen-bond donors (Lipinski definition) is 0. The molecule has 0 bridgehead atoms. The molecule has 4 rings (SSSR count). The molecule has 4 aromatic rings. The van der Waals surface area contributed by atoms with E-state index in [0.29, 0.717) is 22.3 Å². The molecular weight excluding hydrogens is 346 g/mol. The highest BCUT2D eigenvalue weighted by molar-refractivity contribution is 7.84. The number of benzene rings is 2. The van der Waals surface area contributed by atoms with Gasteiger partial charge in [0.1, 0.15) is 0 Å². The fourth-order valence-electron chi connectivity index (χ4n) is 2.75. The normalized spacial score (nSPS) is 12.2. The molecule has 5 nitrogen and oxygen atoms in total. The van der Waals surface area contributed by atoms with Crippen molar-refractivity contribution in [3.63, 3.8) is 0 Å². The van der Waals surface area contributed by atoms with E-state index >= 15 is 0 Å². The predicted molar refractivity (Wildman–Crippen MR) is 102 cm³/mol. The summed E-state index contributed by atoms with van der Waals surface area (Å²) in [5, 5.41) is 0.723. The SMILES string of the molecule is O=c1c2ccccc2nc([S@](=O)Cc2ccccn2)n1-c1ccccc1. The van der Waals surface area contributed by atoms with Crippen LogP contribution >= 0.6 is 0 Å². The van der Waals surface area contributed by atoms with E-state index in [-0.39, 0.29) is 16.5 Å². The van der Waals surface area contributed by atoms with Gasteiger partial charge in [-0.05, 0) is 36.4 Å². The van der Waals surface area contributed by atoms with Crippen molar-refractivity contribution in [3.8, 4) is 5.69 Å². The number of fused-ring (bicyclic) bond motifs is 1. The smallest absolute Gasteiger partial charge is 0.266 e. The first-order chi connectivity index (χ1) is 12.7. The van der Waals surface area contributed by atoms with Gasteiger partial charge in [0, 0.05) is 6.20 Å². The minimum absolute atomic E-state index is 0.193. The number of pyridine rings is 1. The van der Waals surface area contributed by atoms with Crippen molar-refractivity contribution in [1.82, 2.24) is 14.5 Å². The topological polar surface area (TPSA) is 64.8 Å². The van der Waals surface area contributed by atoms with Crippen LogP contribution in [0, 0.1) is 0 Å². The molecule has 6 heteroatoms. The zero-order valence-electron chi connectivity index (χ0n) is 13.8. The van der Waals surface area contributed by atoms with Crippen molar-refractivity contribution in [2.75, 3.05) is 0 Å². The van der Waals surface area contributed by atoms with Gasteiger partial charge in [0.2, 0.25) is 5.16 Å². The van der Waals surface area contributed by atoms with E-state index in [1.807, 2.05) is 36.4 Å². The van der Waals surface area contributed by atoms with Gasteiger partial charge >= 0.3 is 0 Å². The molecule has 2 aromatic carbocycles. The quantitative estimate of drug-likeness (QED) is 0.524. The van der Waals surface area contributed by atoms with Gasteiger partial charge in [-0.15, -0.1) is 0 Å². The highest BCUT2D eigenvalue weighted by Crippen LogP contribution is 2.17. The summed E-state index contributed by atoms with van der Waals surface area (Å²) in [5.74, 6) is 0.193. The van der Waals surface area contributed by atoms with Crippen molar-refractivity contribution in [1.29, 1.82) is 0 Å². The minimum atomic E-state index is -1.52. The van der Waals surface area contributed by atoms with Crippen LogP contribution in [0.2, 0.25) is 0 Å². The van der Waals surface area contributed by atoms with E-state index < -0.39 is 10.8 Å². The number of hydrogen-bond acceptors (Lipinski definition) is 4. The summed E-state index contributed by atoms with van der Waals surface area (Å²) in [4.78, 5) is 21.8. The Kier molecular flexibility index (Phi) is 4.41. The number of nitrogens with zero attached hydrogens (tertiary/aromatic N) is 3. The van der Waals surface area contributed by atoms with Gasteiger partial charge in [0.15, 0.2) is 0 Å². The van der Waals surface area contributed by atoms with Gasteiger partial charge in [0.05, 0.1) is 38.8 Å². The van der Waals surface area contributed by atoms with Gasteiger partial charge in [0.25, 0.3) is 5.56 Å². The molecule has 0 radical (unpaired) electrons. The minimum Gasteiger partial charge on any atom is -0.268 e. The molecule has 2 heterocycles. The fraction of sp³-hybridized carbons (Fsp3) is 0.0500. The Bertz CT molecular complexity index is 1140. The average molecular weight is 361 g/mol. The standard InChI is InChI=1S/C20H15N3O2S/c24-19-17-11-4-5-12-18(17)22-20(23(19)16-9-2-1-3-10-16)26(25)14-15-8-6-7-13-21-15/h1-13H,14H2/t26-/m1/s1.